The van der Waals surface area contributed by atoms with Gasteiger partial charge in [-0.15, -0.1) is 0 Å². The molecule has 0 bridgehead atoms. The van der Waals surface area contributed by atoms with Gasteiger partial charge in [0.25, 0.3) is 5.91 Å². The summed E-state index contributed by atoms with van der Waals surface area (Å²) in [6.45, 7) is 7.07. The van der Waals surface area contributed by atoms with E-state index < -0.39 is 17.6 Å². The van der Waals surface area contributed by atoms with Crippen LogP contribution in [-0.2, 0) is 20.8 Å². The Kier molecular flexibility index (Phi) is 9.79. The number of halogens is 1. The van der Waals surface area contributed by atoms with Crippen LogP contribution in [-0.4, -0.2) is 49.2 Å². The number of para-hydroxylation sites is 1. The molecular formula is C28H36ClN3O4. The Hall–Kier alpha value is -3.03. The second-order valence-corrected chi connectivity index (χ2v) is 10.2. The van der Waals surface area contributed by atoms with E-state index in [2.05, 4.69) is 45.6 Å². The molecule has 3 rings (SSSR count). The highest BCUT2D eigenvalue weighted by Crippen LogP contribution is 2.36. The molecule has 194 valence electrons. The van der Waals surface area contributed by atoms with Crippen molar-refractivity contribution in [1.29, 1.82) is 0 Å². The number of anilines is 1. The summed E-state index contributed by atoms with van der Waals surface area (Å²) in [6.07, 6.45) is 12.3. The highest BCUT2D eigenvalue weighted by molar-refractivity contribution is 6.31. The molecule has 1 aromatic rings. The lowest BCUT2D eigenvalue weighted by Crippen LogP contribution is -2.38. The van der Waals surface area contributed by atoms with Gasteiger partial charge >= 0.3 is 6.09 Å². The van der Waals surface area contributed by atoms with Crippen molar-refractivity contribution in [2.75, 3.05) is 31.6 Å². The first-order valence-electron chi connectivity index (χ1n) is 12.3. The van der Waals surface area contributed by atoms with E-state index >= 15 is 0 Å². The van der Waals surface area contributed by atoms with E-state index in [-0.39, 0.29) is 6.54 Å². The first-order chi connectivity index (χ1) is 17.2. The molecule has 7 nitrogen and oxygen atoms in total. The number of amides is 2. The molecule has 0 fully saturated rings. The summed E-state index contributed by atoms with van der Waals surface area (Å²) in [5.74, 6) is -0.390. The standard InChI is InChI=1S/C28H36ClN3O4/c1-28(2,3)36-27(34)31(18-9-12-26(33)30-35-4)17-7-8-19-32-24-11-6-5-10-21(24)13-14-22-15-16-23(29)20-25(22)32/h5-6,9-12,14,16,20H,7-8,13,15,17-19H2,1-4H3,(H,30,33)/b12-9+. The average Bonchev–Trinajstić information content (AvgIpc) is 2.96. The SMILES string of the molecule is CONC(=O)/C=C/CN(CCCCN1C2=CC(Cl)=CCC2=CCc2ccccc21)C(=O)OC(C)(C)C. The van der Waals surface area contributed by atoms with Crippen LogP contribution in [0.15, 0.2) is 70.9 Å². The van der Waals surface area contributed by atoms with E-state index in [1.54, 1.807) is 11.0 Å². The Morgan fingerprint density at radius 2 is 1.94 bits per heavy atom. The fourth-order valence-corrected chi connectivity index (χ4v) is 4.34. The first kappa shape index (κ1) is 27.6. The number of carbonyl (C=O) groups is 2. The predicted molar refractivity (Wildman–Crippen MR) is 144 cm³/mol. The number of fused-ring (bicyclic) bond motifs is 2. The van der Waals surface area contributed by atoms with Gasteiger partial charge in [0.05, 0.1) is 7.11 Å². The van der Waals surface area contributed by atoms with Gasteiger partial charge in [-0.05, 0) is 69.7 Å². The molecule has 0 saturated heterocycles. The van der Waals surface area contributed by atoms with Gasteiger partial charge in [0, 0.05) is 42.1 Å². The molecule has 0 aromatic heterocycles. The zero-order chi connectivity index (χ0) is 26.1. The lowest BCUT2D eigenvalue weighted by atomic mass is 10.0. The molecule has 1 aromatic carbocycles. The molecule has 2 aliphatic rings. The number of allylic oxidation sites excluding steroid dienone is 5. The van der Waals surface area contributed by atoms with Crippen molar-refractivity contribution in [2.24, 2.45) is 0 Å². The molecule has 2 amide bonds. The van der Waals surface area contributed by atoms with Crippen molar-refractivity contribution in [3.8, 4) is 0 Å². The van der Waals surface area contributed by atoms with Crippen LogP contribution in [0.25, 0.3) is 0 Å². The minimum absolute atomic E-state index is 0.261. The smallest absolute Gasteiger partial charge is 0.410 e. The summed E-state index contributed by atoms with van der Waals surface area (Å²) in [5.41, 5.74) is 6.52. The number of nitrogens with zero attached hydrogens (tertiary/aromatic N) is 2. The van der Waals surface area contributed by atoms with Crippen molar-refractivity contribution in [3.63, 3.8) is 0 Å². The Labute approximate surface area is 219 Å². The van der Waals surface area contributed by atoms with Crippen molar-refractivity contribution >= 4 is 29.3 Å². The number of benzene rings is 1. The quantitative estimate of drug-likeness (QED) is 0.263. The third-order valence-corrected chi connectivity index (χ3v) is 6.03. The van der Waals surface area contributed by atoms with Crippen molar-refractivity contribution in [1.82, 2.24) is 10.4 Å². The van der Waals surface area contributed by atoms with Crippen LogP contribution < -0.4 is 10.4 Å². The Bertz CT molecular complexity index is 1070. The molecule has 0 atom stereocenters. The molecule has 0 spiro atoms. The van der Waals surface area contributed by atoms with Crippen LogP contribution >= 0.6 is 11.6 Å². The van der Waals surface area contributed by atoms with Crippen LogP contribution in [0.4, 0.5) is 10.5 Å². The third kappa shape index (κ3) is 8.00. The van der Waals surface area contributed by atoms with Crippen LogP contribution in [0.2, 0.25) is 0 Å². The fourth-order valence-electron chi connectivity index (χ4n) is 4.16. The van der Waals surface area contributed by atoms with Gasteiger partial charge in [-0.1, -0.05) is 48.0 Å². The van der Waals surface area contributed by atoms with E-state index in [0.717, 1.165) is 43.0 Å². The number of nitrogens with one attached hydrogen (secondary N) is 1. The summed E-state index contributed by atoms with van der Waals surface area (Å²) in [4.78, 5) is 33.0. The highest BCUT2D eigenvalue weighted by Gasteiger charge is 2.24. The number of carbonyl (C=O) groups excluding carboxylic acids is 2. The summed E-state index contributed by atoms with van der Waals surface area (Å²) < 4.78 is 5.58. The maximum Gasteiger partial charge on any atom is 0.410 e. The van der Waals surface area contributed by atoms with Gasteiger partial charge in [0.1, 0.15) is 5.60 Å². The van der Waals surface area contributed by atoms with Gasteiger partial charge in [0.2, 0.25) is 0 Å². The van der Waals surface area contributed by atoms with E-state index in [4.69, 9.17) is 16.3 Å². The van der Waals surface area contributed by atoms with Gasteiger partial charge < -0.3 is 14.5 Å². The van der Waals surface area contributed by atoms with Crippen LogP contribution in [0.3, 0.4) is 0 Å². The van der Waals surface area contributed by atoms with Crippen molar-refractivity contribution < 1.29 is 19.2 Å². The number of ether oxygens (including phenoxy) is 1. The van der Waals surface area contributed by atoms with Gasteiger partial charge in [0.15, 0.2) is 0 Å². The Morgan fingerprint density at radius 1 is 1.17 bits per heavy atom. The van der Waals surface area contributed by atoms with E-state index in [9.17, 15) is 9.59 Å². The number of hydrogen-bond acceptors (Lipinski definition) is 5. The van der Waals surface area contributed by atoms with Gasteiger partial charge in [-0.3, -0.25) is 9.63 Å². The molecule has 1 aliphatic heterocycles. The molecule has 8 heteroatoms. The third-order valence-electron chi connectivity index (χ3n) is 5.77. The molecule has 0 saturated carbocycles. The summed E-state index contributed by atoms with van der Waals surface area (Å²) in [7, 11) is 1.37. The monoisotopic (exact) mass is 513 g/mol. The van der Waals surface area contributed by atoms with E-state index in [1.165, 1.54) is 30.0 Å². The zero-order valence-corrected chi connectivity index (χ0v) is 22.3. The largest absolute Gasteiger partial charge is 0.444 e. The van der Waals surface area contributed by atoms with Gasteiger partial charge in [-0.2, -0.15) is 0 Å². The molecule has 0 unspecified atom stereocenters. The number of hydroxylamine groups is 1. The Balaban J connectivity index is 1.68. The molecule has 1 N–H and O–H groups in total. The molecule has 0 radical (unpaired) electrons. The van der Waals surface area contributed by atoms with Crippen LogP contribution in [0.5, 0.6) is 0 Å². The number of rotatable bonds is 9. The van der Waals surface area contributed by atoms with Crippen LogP contribution in [0, 0.1) is 0 Å². The van der Waals surface area contributed by atoms with Crippen LogP contribution in [0.1, 0.15) is 45.6 Å². The minimum atomic E-state index is -0.606. The molecular weight excluding hydrogens is 478 g/mol. The summed E-state index contributed by atoms with van der Waals surface area (Å²) in [6, 6.07) is 8.46. The fraction of sp³-hybridized carbons (Fsp3) is 0.429. The lowest BCUT2D eigenvalue weighted by molar-refractivity contribution is -0.126. The van der Waals surface area contributed by atoms with Gasteiger partial charge in [-0.25, -0.2) is 10.3 Å². The predicted octanol–water partition coefficient (Wildman–Crippen LogP) is 5.64. The van der Waals surface area contributed by atoms with E-state index in [0.29, 0.717) is 6.54 Å². The molecule has 1 aliphatic carbocycles. The van der Waals surface area contributed by atoms with E-state index in [1.807, 2.05) is 32.9 Å². The number of hydrogen-bond donors (Lipinski definition) is 1. The van der Waals surface area contributed by atoms with Crippen molar-refractivity contribution in [2.45, 2.75) is 52.1 Å². The first-order valence-corrected chi connectivity index (χ1v) is 12.7. The highest BCUT2D eigenvalue weighted by atomic mass is 35.5. The van der Waals surface area contributed by atoms with Crippen molar-refractivity contribution in [3.05, 3.63) is 76.5 Å². The topological polar surface area (TPSA) is 71.1 Å². The molecule has 1 heterocycles. The second-order valence-electron chi connectivity index (χ2n) is 9.74. The second kappa shape index (κ2) is 12.8. The average molecular weight is 514 g/mol. The Morgan fingerprint density at radius 3 is 2.69 bits per heavy atom. The number of unbranched alkanes of at least 4 members (excludes halogenated alkanes) is 1. The normalized spacial score (nSPS) is 15.2. The maximum atomic E-state index is 12.8. The lowest BCUT2D eigenvalue weighted by Gasteiger charge is -2.31. The summed E-state index contributed by atoms with van der Waals surface area (Å²) >= 11 is 6.39. The summed E-state index contributed by atoms with van der Waals surface area (Å²) in [5, 5.41) is 0.756. The minimum Gasteiger partial charge on any atom is -0.444 e. The zero-order valence-electron chi connectivity index (χ0n) is 21.6. The maximum absolute atomic E-state index is 12.8. The molecule has 36 heavy (non-hydrogen) atoms.